The molecular weight excluding hydrogens is 198 g/mol. The molecule has 5 heteroatoms. The van der Waals surface area contributed by atoms with Gasteiger partial charge in [0, 0.05) is 12.6 Å². The lowest BCUT2D eigenvalue weighted by atomic mass is 10.3. The number of nitrogens with one attached hydrogen (secondary N) is 3. The fourth-order valence-corrected chi connectivity index (χ4v) is 1.47. The van der Waals surface area contributed by atoms with Crippen LogP contribution in [0.25, 0.3) is 0 Å². The maximum absolute atomic E-state index is 9.05. The molecule has 4 N–H and O–H groups in total. The number of hydrogen-bond donors (Lipinski definition) is 4. The summed E-state index contributed by atoms with van der Waals surface area (Å²) in [6.07, 6.45) is 2.41. The topological polar surface area (TPSA) is 56.3 Å². The first-order valence-corrected chi connectivity index (χ1v) is 6.17. The Bertz CT molecular complexity index is 116. The molecule has 0 saturated carbocycles. The summed E-state index contributed by atoms with van der Waals surface area (Å²) in [5.41, 5.74) is 0. The summed E-state index contributed by atoms with van der Waals surface area (Å²) in [5, 5.41) is 15.6. The summed E-state index contributed by atoms with van der Waals surface area (Å²) in [6, 6.07) is 0.160. The minimum atomic E-state index is 0.160. The molecule has 86 valence electrons. The maximum atomic E-state index is 9.05. The Kier molecular flexibility index (Phi) is 11.4. The van der Waals surface area contributed by atoms with Crippen LogP contribution in [0.4, 0.5) is 0 Å². The fourth-order valence-electron chi connectivity index (χ4n) is 1.01. The summed E-state index contributed by atoms with van der Waals surface area (Å²) < 4.78 is 2.98. The first kappa shape index (κ1) is 14.2. The zero-order chi connectivity index (χ0) is 10.6. The molecule has 0 saturated heterocycles. The smallest absolute Gasteiger partial charge is 0.0597 e. The Balaban J connectivity index is 3.28. The van der Waals surface area contributed by atoms with E-state index in [1.165, 1.54) is 12.8 Å². The normalized spacial score (nSPS) is 13.1. The van der Waals surface area contributed by atoms with Crippen molar-refractivity contribution in [3.63, 3.8) is 0 Å². The van der Waals surface area contributed by atoms with E-state index in [-0.39, 0.29) is 12.6 Å². The largest absolute Gasteiger partial charge is 0.395 e. The van der Waals surface area contributed by atoms with Crippen LogP contribution < -0.4 is 15.4 Å². The first-order valence-electron chi connectivity index (χ1n) is 5.18. The van der Waals surface area contributed by atoms with Gasteiger partial charge in [0.05, 0.1) is 12.5 Å². The van der Waals surface area contributed by atoms with E-state index in [4.69, 9.17) is 5.11 Å². The van der Waals surface area contributed by atoms with E-state index in [0.717, 1.165) is 19.0 Å². The molecule has 0 heterocycles. The molecule has 0 aliphatic carbocycles. The van der Waals surface area contributed by atoms with Crippen molar-refractivity contribution in [2.24, 2.45) is 0 Å². The lowest BCUT2D eigenvalue weighted by Gasteiger charge is -2.16. The second-order valence-corrected chi connectivity index (χ2v) is 4.12. The van der Waals surface area contributed by atoms with Crippen molar-refractivity contribution in [3.8, 4) is 0 Å². The van der Waals surface area contributed by atoms with E-state index in [9.17, 15) is 0 Å². The van der Waals surface area contributed by atoms with Crippen molar-refractivity contribution in [2.75, 3.05) is 32.6 Å². The molecular formula is C9H23N3OS. The average molecular weight is 221 g/mol. The van der Waals surface area contributed by atoms with Gasteiger partial charge in [0.25, 0.3) is 0 Å². The van der Waals surface area contributed by atoms with Crippen LogP contribution in [0.2, 0.25) is 0 Å². The van der Waals surface area contributed by atoms with Crippen LogP contribution in [0.1, 0.15) is 19.8 Å². The van der Waals surface area contributed by atoms with E-state index in [0.29, 0.717) is 0 Å². The van der Waals surface area contributed by atoms with E-state index in [1.54, 1.807) is 11.9 Å². The van der Waals surface area contributed by atoms with Crippen molar-refractivity contribution in [3.05, 3.63) is 0 Å². The molecule has 0 bridgehead atoms. The van der Waals surface area contributed by atoms with Gasteiger partial charge >= 0.3 is 0 Å². The van der Waals surface area contributed by atoms with Crippen molar-refractivity contribution < 1.29 is 5.11 Å². The Hall–Kier alpha value is 0.190. The van der Waals surface area contributed by atoms with Gasteiger partial charge in [-0.1, -0.05) is 25.3 Å². The minimum absolute atomic E-state index is 0.160. The predicted octanol–water partition coefficient (Wildman–Crippen LogP) is 0.152. The van der Waals surface area contributed by atoms with Gasteiger partial charge in [0.1, 0.15) is 0 Å². The number of aliphatic hydroxyl groups excluding tert-OH is 1. The van der Waals surface area contributed by atoms with Gasteiger partial charge in [-0.3, -0.25) is 4.72 Å². The van der Waals surface area contributed by atoms with Crippen LogP contribution >= 0.6 is 11.9 Å². The van der Waals surface area contributed by atoms with Crippen LogP contribution in [0.15, 0.2) is 0 Å². The summed E-state index contributed by atoms with van der Waals surface area (Å²) in [4.78, 5) is 0. The van der Waals surface area contributed by atoms with E-state index >= 15 is 0 Å². The molecule has 0 amide bonds. The monoisotopic (exact) mass is 221 g/mol. The highest BCUT2D eigenvalue weighted by atomic mass is 32.2. The predicted molar refractivity (Wildman–Crippen MR) is 63.3 cm³/mol. The fraction of sp³-hybridized carbons (Fsp3) is 1.00. The summed E-state index contributed by atoms with van der Waals surface area (Å²) in [5.74, 6) is 0.817. The van der Waals surface area contributed by atoms with Gasteiger partial charge in [-0.05, 0) is 20.0 Å². The van der Waals surface area contributed by atoms with Crippen LogP contribution in [-0.2, 0) is 0 Å². The molecule has 0 radical (unpaired) electrons. The van der Waals surface area contributed by atoms with E-state index < -0.39 is 0 Å². The highest BCUT2D eigenvalue weighted by Gasteiger charge is 2.04. The number of hydrogen-bond acceptors (Lipinski definition) is 5. The second kappa shape index (κ2) is 11.3. The molecule has 4 nitrogen and oxygen atoms in total. The Labute approximate surface area is 91.4 Å². The van der Waals surface area contributed by atoms with Crippen molar-refractivity contribution in [1.82, 2.24) is 15.4 Å². The molecule has 0 rings (SSSR count). The van der Waals surface area contributed by atoms with Crippen LogP contribution in [0.5, 0.6) is 0 Å². The minimum Gasteiger partial charge on any atom is -0.395 e. The van der Waals surface area contributed by atoms with Crippen molar-refractivity contribution >= 4 is 11.9 Å². The molecule has 14 heavy (non-hydrogen) atoms. The standard InChI is InChI=1S/C9H23N3OS/c1-3-4-5-11-6-9(7-13)12-8-14-10-2/h9-13H,3-8H2,1-2H3. The third-order valence-electron chi connectivity index (χ3n) is 1.91. The molecule has 0 aliphatic rings. The quantitative estimate of drug-likeness (QED) is 0.240. The van der Waals surface area contributed by atoms with E-state index in [1.807, 2.05) is 7.05 Å². The van der Waals surface area contributed by atoms with Gasteiger partial charge in [0.15, 0.2) is 0 Å². The number of rotatable bonds is 10. The van der Waals surface area contributed by atoms with E-state index in [2.05, 4.69) is 22.3 Å². The van der Waals surface area contributed by atoms with Crippen LogP contribution in [-0.4, -0.2) is 43.8 Å². The number of unbranched alkanes of at least 4 members (excludes halogenated alkanes) is 1. The Morgan fingerprint density at radius 3 is 2.79 bits per heavy atom. The summed E-state index contributed by atoms with van der Waals surface area (Å²) in [6.45, 7) is 4.23. The van der Waals surface area contributed by atoms with Gasteiger partial charge in [-0.2, -0.15) is 0 Å². The zero-order valence-electron chi connectivity index (χ0n) is 9.18. The molecule has 0 aliphatic heterocycles. The highest BCUT2D eigenvalue weighted by molar-refractivity contribution is 7.97. The lowest BCUT2D eigenvalue weighted by molar-refractivity contribution is 0.244. The van der Waals surface area contributed by atoms with Crippen LogP contribution in [0, 0.1) is 0 Å². The third kappa shape index (κ3) is 8.77. The molecule has 0 aromatic heterocycles. The Morgan fingerprint density at radius 1 is 1.43 bits per heavy atom. The molecule has 0 fully saturated rings. The average Bonchev–Trinajstić information content (AvgIpc) is 2.22. The maximum Gasteiger partial charge on any atom is 0.0597 e. The molecule has 1 atom stereocenters. The summed E-state index contributed by atoms with van der Waals surface area (Å²) >= 11 is 1.60. The molecule has 0 aromatic rings. The zero-order valence-corrected chi connectivity index (χ0v) is 9.99. The summed E-state index contributed by atoms with van der Waals surface area (Å²) in [7, 11) is 1.89. The van der Waals surface area contributed by atoms with Crippen molar-refractivity contribution in [1.29, 1.82) is 0 Å². The van der Waals surface area contributed by atoms with Crippen molar-refractivity contribution in [2.45, 2.75) is 25.8 Å². The molecule has 0 aromatic carbocycles. The van der Waals surface area contributed by atoms with Gasteiger partial charge in [-0.25, -0.2) is 0 Å². The second-order valence-electron chi connectivity index (χ2n) is 3.13. The SMILES string of the molecule is CCCCNCC(CO)NCSNC. The van der Waals surface area contributed by atoms with Gasteiger partial charge < -0.3 is 15.7 Å². The number of aliphatic hydroxyl groups is 1. The highest BCUT2D eigenvalue weighted by Crippen LogP contribution is 1.89. The first-order chi connectivity index (χ1) is 6.85. The lowest BCUT2D eigenvalue weighted by Crippen LogP contribution is -2.41. The third-order valence-corrected chi connectivity index (χ3v) is 2.51. The van der Waals surface area contributed by atoms with Crippen LogP contribution in [0.3, 0.4) is 0 Å². The molecule has 0 spiro atoms. The van der Waals surface area contributed by atoms with Gasteiger partial charge in [0.2, 0.25) is 0 Å². The van der Waals surface area contributed by atoms with Gasteiger partial charge in [-0.15, -0.1) is 0 Å². The Morgan fingerprint density at radius 2 is 2.21 bits per heavy atom. The molecule has 1 unspecified atom stereocenters.